The van der Waals surface area contributed by atoms with Crippen molar-refractivity contribution in [1.82, 2.24) is 5.43 Å². The standard InChI is InChI=1S/C16H26N2O/c1-3-12-8-9-14(10-12)16(18-17)13-6-5-7-15(11-13)19-4-2/h5-7,11-12,14,16,18H,3-4,8-10,17H2,1-2H3. The third-order valence-electron chi connectivity index (χ3n) is 4.34. The number of hydrazine groups is 1. The summed E-state index contributed by atoms with van der Waals surface area (Å²) in [5, 5.41) is 0. The maximum Gasteiger partial charge on any atom is 0.119 e. The van der Waals surface area contributed by atoms with E-state index in [1.165, 1.54) is 31.2 Å². The lowest BCUT2D eigenvalue weighted by Crippen LogP contribution is -2.32. The summed E-state index contributed by atoms with van der Waals surface area (Å²) in [6, 6.07) is 8.57. The smallest absolute Gasteiger partial charge is 0.119 e. The first-order chi connectivity index (χ1) is 9.28. The lowest BCUT2D eigenvalue weighted by atomic mass is 9.91. The maximum absolute atomic E-state index is 5.80. The minimum atomic E-state index is 0.247. The Bertz CT molecular complexity index is 394. The van der Waals surface area contributed by atoms with Gasteiger partial charge in [-0.15, -0.1) is 0 Å². The maximum atomic E-state index is 5.80. The number of rotatable bonds is 6. The second kappa shape index (κ2) is 6.92. The van der Waals surface area contributed by atoms with Gasteiger partial charge in [0.1, 0.15) is 5.75 Å². The van der Waals surface area contributed by atoms with Gasteiger partial charge in [0.15, 0.2) is 0 Å². The summed E-state index contributed by atoms with van der Waals surface area (Å²) < 4.78 is 5.58. The van der Waals surface area contributed by atoms with Crippen molar-refractivity contribution in [2.24, 2.45) is 17.7 Å². The van der Waals surface area contributed by atoms with Gasteiger partial charge < -0.3 is 4.74 Å². The molecule has 0 radical (unpaired) electrons. The van der Waals surface area contributed by atoms with E-state index in [9.17, 15) is 0 Å². The summed E-state index contributed by atoms with van der Waals surface area (Å²) >= 11 is 0. The van der Waals surface area contributed by atoms with Gasteiger partial charge in [0.2, 0.25) is 0 Å². The third kappa shape index (κ3) is 3.48. The van der Waals surface area contributed by atoms with E-state index in [2.05, 4.69) is 30.5 Å². The molecule has 0 aromatic heterocycles. The van der Waals surface area contributed by atoms with E-state index in [-0.39, 0.29) is 6.04 Å². The van der Waals surface area contributed by atoms with Crippen molar-refractivity contribution >= 4 is 0 Å². The molecule has 0 saturated heterocycles. The Labute approximate surface area is 116 Å². The number of hydrogen-bond acceptors (Lipinski definition) is 3. The molecule has 3 N–H and O–H groups in total. The quantitative estimate of drug-likeness (QED) is 0.610. The lowest BCUT2D eigenvalue weighted by Gasteiger charge is -2.24. The minimum absolute atomic E-state index is 0.247. The molecular formula is C16H26N2O. The zero-order valence-corrected chi connectivity index (χ0v) is 12.1. The van der Waals surface area contributed by atoms with Crippen LogP contribution in [0.5, 0.6) is 5.75 Å². The minimum Gasteiger partial charge on any atom is -0.494 e. The second-order valence-corrected chi connectivity index (χ2v) is 5.50. The Morgan fingerprint density at radius 3 is 2.84 bits per heavy atom. The Kier molecular flexibility index (Phi) is 5.23. The van der Waals surface area contributed by atoms with E-state index in [4.69, 9.17) is 10.6 Å². The largest absolute Gasteiger partial charge is 0.494 e. The van der Waals surface area contributed by atoms with Gasteiger partial charge in [0.05, 0.1) is 6.61 Å². The molecule has 0 amide bonds. The first-order valence-corrected chi connectivity index (χ1v) is 7.47. The molecule has 3 unspecified atom stereocenters. The predicted molar refractivity (Wildman–Crippen MR) is 78.8 cm³/mol. The van der Waals surface area contributed by atoms with Crippen LogP contribution >= 0.6 is 0 Å². The molecule has 3 heteroatoms. The zero-order valence-electron chi connectivity index (χ0n) is 12.1. The molecule has 1 aliphatic carbocycles. The molecule has 0 aliphatic heterocycles. The molecule has 3 nitrogen and oxygen atoms in total. The van der Waals surface area contributed by atoms with Crippen molar-refractivity contribution in [2.75, 3.05) is 6.61 Å². The van der Waals surface area contributed by atoms with E-state index in [1.54, 1.807) is 0 Å². The van der Waals surface area contributed by atoms with E-state index >= 15 is 0 Å². The molecule has 0 bridgehead atoms. The summed E-state index contributed by atoms with van der Waals surface area (Å²) in [6.07, 6.45) is 5.17. The van der Waals surface area contributed by atoms with E-state index in [1.807, 2.05) is 13.0 Å². The molecule has 1 aliphatic rings. The van der Waals surface area contributed by atoms with Crippen LogP contribution in [0.15, 0.2) is 24.3 Å². The topological polar surface area (TPSA) is 47.3 Å². The second-order valence-electron chi connectivity index (χ2n) is 5.50. The highest BCUT2D eigenvalue weighted by atomic mass is 16.5. The van der Waals surface area contributed by atoms with Gasteiger partial charge in [0, 0.05) is 6.04 Å². The molecule has 0 heterocycles. The molecule has 2 rings (SSSR count). The molecule has 1 aromatic rings. The highest BCUT2D eigenvalue weighted by molar-refractivity contribution is 5.31. The molecular weight excluding hydrogens is 236 g/mol. The van der Waals surface area contributed by atoms with Crippen LogP contribution in [0.3, 0.4) is 0 Å². The van der Waals surface area contributed by atoms with Crippen molar-refractivity contribution in [1.29, 1.82) is 0 Å². The molecule has 0 spiro atoms. The van der Waals surface area contributed by atoms with Gasteiger partial charge in [-0.1, -0.05) is 31.9 Å². The van der Waals surface area contributed by atoms with Gasteiger partial charge in [-0.25, -0.2) is 0 Å². The van der Waals surface area contributed by atoms with Crippen LogP contribution in [0.2, 0.25) is 0 Å². The molecule has 106 valence electrons. The van der Waals surface area contributed by atoms with Crippen molar-refractivity contribution in [3.63, 3.8) is 0 Å². The molecule has 1 fully saturated rings. The van der Waals surface area contributed by atoms with E-state index in [0.717, 1.165) is 11.7 Å². The number of ether oxygens (including phenoxy) is 1. The fourth-order valence-corrected chi connectivity index (χ4v) is 3.26. The number of hydrogen-bond donors (Lipinski definition) is 2. The van der Waals surface area contributed by atoms with Crippen LogP contribution in [-0.2, 0) is 0 Å². The molecule has 1 aromatic carbocycles. The van der Waals surface area contributed by atoms with Gasteiger partial charge in [-0.2, -0.15) is 0 Å². The number of nitrogens with one attached hydrogen (secondary N) is 1. The van der Waals surface area contributed by atoms with Gasteiger partial charge in [0.25, 0.3) is 0 Å². The summed E-state index contributed by atoms with van der Waals surface area (Å²) in [4.78, 5) is 0. The SMILES string of the molecule is CCOc1cccc(C(NN)C2CCC(CC)C2)c1. The van der Waals surface area contributed by atoms with Crippen molar-refractivity contribution in [3.05, 3.63) is 29.8 Å². The fourth-order valence-electron chi connectivity index (χ4n) is 3.26. The van der Waals surface area contributed by atoms with Crippen LogP contribution in [-0.4, -0.2) is 6.61 Å². The molecule has 1 saturated carbocycles. The summed E-state index contributed by atoms with van der Waals surface area (Å²) in [6.45, 7) is 4.99. The lowest BCUT2D eigenvalue weighted by molar-refractivity contribution is 0.334. The Morgan fingerprint density at radius 2 is 2.21 bits per heavy atom. The first-order valence-electron chi connectivity index (χ1n) is 7.47. The first kappa shape index (κ1) is 14.4. The molecule has 3 atom stereocenters. The molecule has 19 heavy (non-hydrogen) atoms. The number of nitrogens with two attached hydrogens (primary N) is 1. The van der Waals surface area contributed by atoms with Gasteiger partial charge in [-0.3, -0.25) is 11.3 Å². The highest BCUT2D eigenvalue weighted by Crippen LogP contribution is 2.40. The fraction of sp³-hybridized carbons (Fsp3) is 0.625. The van der Waals surface area contributed by atoms with Crippen LogP contribution in [0, 0.1) is 11.8 Å². The summed E-state index contributed by atoms with van der Waals surface area (Å²) in [7, 11) is 0. The zero-order chi connectivity index (χ0) is 13.7. The Hall–Kier alpha value is -1.06. The van der Waals surface area contributed by atoms with Crippen LogP contribution in [0.1, 0.15) is 51.1 Å². The third-order valence-corrected chi connectivity index (χ3v) is 4.34. The monoisotopic (exact) mass is 262 g/mol. The normalized spacial score (nSPS) is 24.4. The van der Waals surface area contributed by atoms with Crippen LogP contribution < -0.4 is 16.0 Å². The van der Waals surface area contributed by atoms with E-state index < -0.39 is 0 Å². The highest BCUT2D eigenvalue weighted by Gasteiger charge is 2.30. The van der Waals surface area contributed by atoms with Crippen LogP contribution in [0.4, 0.5) is 0 Å². The summed E-state index contributed by atoms with van der Waals surface area (Å²) in [5.41, 5.74) is 4.26. The van der Waals surface area contributed by atoms with Crippen molar-refractivity contribution in [3.8, 4) is 5.75 Å². The average Bonchev–Trinajstić information content (AvgIpc) is 2.89. The predicted octanol–water partition coefficient (Wildman–Crippen LogP) is 3.42. The Balaban J connectivity index is 2.10. The van der Waals surface area contributed by atoms with Crippen molar-refractivity contribution < 1.29 is 4.74 Å². The Morgan fingerprint density at radius 1 is 1.37 bits per heavy atom. The van der Waals surface area contributed by atoms with E-state index in [0.29, 0.717) is 12.5 Å². The number of benzene rings is 1. The van der Waals surface area contributed by atoms with Crippen molar-refractivity contribution in [2.45, 2.75) is 45.6 Å². The average molecular weight is 262 g/mol. The van der Waals surface area contributed by atoms with Gasteiger partial charge >= 0.3 is 0 Å². The van der Waals surface area contributed by atoms with Gasteiger partial charge in [-0.05, 0) is 49.3 Å². The summed E-state index contributed by atoms with van der Waals surface area (Å²) in [5.74, 6) is 8.26. The van der Waals surface area contributed by atoms with Crippen LogP contribution in [0.25, 0.3) is 0 Å².